The zero-order chi connectivity index (χ0) is 22.9. The molecule has 1 aliphatic heterocycles. The van der Waals surface area contributed by atoms with Crippen LogP contribution in [0, 0.1) is 29.0 Å². The minimum atomic E-state index is -3.44. The van der Waals surface area contributed by atoms with Crippen molar-refractivity contribution in [2.45, 2.75) is 36.3 Å². The SMILES string of the molecule is CS(=O)(=O)c1ccc(COC[C@@H]2C[C@]2(N)C2CCN(c3ncc(C#N)cn3)CC2)c(F)c1. The normalized spacial score (nSPS) is 23.7. The molecule has 2 aliphatic rings. The first kappa shape index (κ1) is 22.6. The van der Waals surface area contributed by atoms with E-state index in [1.807, 2.05) is 6.07 Å². The molecule has 2 N–H and O–H groups in total. The lowest BCUT2D eigenvalue weighted by molar-refractivity contribution is 0.0988. The quantitative estimate of drug-likeness (QED) is 0.667. The molecule has 2 heterocycles. The number of halogens is 1. The van der Waals surface area contributed by atoms with Crippen LogP contribution in [-0.4, -0.2) is 49.9 Å². The maximum absolute atomic E-state index is 14.2. The van der Waals surface area contributed by atoms with Gasteiger partial charge in [-0.25, -0.2) is 22.8 Å². The van der Waals surface area contributed by atoms with E-state index >= 15 is 0 Å². The van der Waals surface area contributed by atoms with Gasteiger partial charge in [0.05, 0.1) is 36.1 Å². The lowest BCUT2D eigenvalue weighted by atomic mass is 9.86. The van der Waals surface area contributed by atoms with Crippen molar-refractivity contribution in [2.75, 3.05) is 30.9 Å². The summed E-state index contributed by atoms with van der Waals surface area (Å²) >= 11 is 0. The first-order valence-electron chi connectivity index (χ1n) is 10.5. The summed E-state index contributed by atoms with van der Waals surface area (Å²) < 4.78 is 43.0. The molecule has 1 saturated heterocycles. The van der Waals surface area contributed by atoms with E-state index < -0.39 is 15.7 Å². The Labute approximate surface area is 187 Å². The van der Waals surface area contributed by atoms with E-state index in [4.69, 9.17) is 15.7 Å². The summed E-state index contributed by atoms with van der Waals surface area (Å²) in [5.74, 6) is 0.647. The van der Waals surface area contributed by atoms with Gasteiger partial charge < -0.3 is 15.4 Å². The maximum atomic E-state index is 14.2. The van der Waals surface area contributed by atoms with Crippen LogP contribution in [0.1, 0.15) is 30.4 Å². The summed E-state index contributed by atoms with van der Waals surface area (Å²) in [7, 11) is -3.44. The van der Waals surface area contributed by atoms with E-state index in [-0.39, 0.29) is 23.0 Å². The van der Waals surface area contributed by atoms with Crippen LogP contribution >= 0.6 is 0 Å². The second kappa shape index (κ2) is 8.73. The molecular weight excluding hydrogens is 433 g/mol. The Hall–Kier alpha value is -2.61. The lowest BCUT2D eigenvalue weighted by Gasteiger charge is -2.35. The number of anilines is 1. The number of aromatic nitrogens is 2. The molecule has 1 aromatic heterocycles. The van der Waals surface area contributed by atoms with Gasteiger partial charge in [0.15, 0.2) is 9.84 Å². The largest absolute Gasteiger partial charge is 0.376 e. The Kier molecular flexibility index (Phi) is 6.16. The number of sulfone groups is 1. The molecule has 8 nitrogen and oxygen atoms in total. The van der Waals surface area contributed by atoms with E-state index in [2.05, 4.69) is 14.9 Å². The fraction of sp³-hybridized carbons (Fsp3) is 0.500. The van der Waals surface area contributed by atoms with Gasteiger partial charge in [0.1, 0.15) is 11.9 Å². The van der Waals surface area contributed by atoms with Crippen molar-refractivity contribution in [3.63, 3.8) is 0 Å². The molecule has 1 aromatic carbocycles. The monoisotopic (exact) mass is 459 g/mol. The molecule has 0 radical (unpaired) electrons. The second-order valence-corrected chi connectivity index (χ2v) is 10.7. The minimum absolute atomic E-state index is 0.0420. The van der Waals surface area contributed by atoms with Gasteiger partial charge in [-0.1, -0.05) is 6.07 Å². The van der Waals surface area contributed by atoms with Gasteiger partial charge in [-0.15, -0.1) is 0 Å². The zero-order valence-corrected chi connectivity index (χ0v) is 18.7. The van der Waals surface area contributed by atoms with E-state index in [0.717, 1.165) is 44.7 Å². The van der Waals surface area contributed by atoms with Gasteiger partial charge in [0, 0.05) is 36.4 Å². The molecule has 1 aliphatic carbocycles. The van der Waals surface area contributed by atoms with Gasteiger partial charge in [0.2, 0.25) is 5.95 Å². The van der Waals surface area contributed by atoms with Gasteiger partial charge in [0.25, 0.3) is 0 Å². The Balaban J connectivity index is 1.25. The van der Waals surface area contributed by atoms with Crippen LogP contribution in [-0.2, 0) is 21.2 Å². The maximum Gasteiger partial charge on any atom is 0.225 e. The minimum Gasteiger partial charge on any atom is -0.376 e. The summed E-state index contributed by atoms with van der Waals surface area (Å²) in [6, 6.07) is 5.90. The first-order valence-corrected chi connectivity index (χ1v) is 12.4. The standard InChI is InChI=1S/C22H26FN5O3S/c1-32(29,30)19-3-2-16(20(23)8-19)13-31-14-18-9-22(18,25)17-4-6-28(7-5-17)21-26-11-15(10-24)12-27-21/h2-3,8,11-12,17-18H,4-7,9,13-14,25H2,1H3/t18-,22-/m0/s1. The molecule has 2 fully saturated rings. The number of rotatable bonds is 7. The lowest BCUT2D eigenvalue weighted by Crippen LogP contribution is -2.44. The summed E-state index contributed by atoms with van der Waals surface area (Å²) in [5.41, 5.74) is 7.16. The molecule has 2 atom stereocenters. The zero-order valence-electron chi connectivity index (χ0n) is 17.9. The van der Waals surface area contributed by atoms with E-state index in [0.29, 0.717) is 29.6 Å². The Bertz CT molecular complexity index is 1130. The molecule has 170 valence electrons. The number of nitriles is 1. The highest BCUT2D eigenvalue weighted by atomic mass is 32.2. The molecule has 0 unspecified atom stereocenters. The number of benzene rings is 1. The summed E-state index contributed by atoms with van der Waals surface area (Å²) in [4.78, 5) is 10.6. The van der Waals surface area contributed by atoms with Crippen LogP contribution in [0.3, 0.4) is 0 Å². The number of piperidine rings is 1. The van der Waals surface area contributed by atoms with Crippen LogP contribution < -0.4 is 10.6 Å². The van der Waals surface area contributed by atoms with E-state index in [1.54, 1.807) is 0 Å². The second-order valence-electron chi connectivity index (χ2n) is 8.70. The topological polar surface area (TPSA) is 122 Å². The van der Waals surface area contributed by atoms with Crippen molar-refractivity contribution in [3.8, 4) is 6.07 Å². The summed E-state index contributed by atoms with van der Waals surface area (Å²) in [6.45, 7) is 2.14. The first-order chi connectivity index (χ1) is 15.2. The van der Waals surface area contributed by atoms with E-state index in [1.165, 1.54) is 24.5 Å². The Morgan fingerprint density at radius 1 is 1.31 bits per heavy atom. The highest BCUT2D eigenvalue weighted by Gasteiger charge is 2.56. The third-order valence-corrected chi connectivity index (χ3v) is 7.64. The average Bonchev–Trinajstić information content (AvgIpc) is 3.45. The van der Waals surface area contributed by atoms with Gasteiger partial charge in [-0.3, -0.25) is 0 Å². The van der Waals surface area contributed by atoms with Crippen molar-refractivity contribution >= 4 is 15.8 Å². The number of ether oxygens (including phenoxy) is 1. The van der Waals surface area contributed by atoms with Crippen molar-refractivity contribution in [1.29, 1.82) is 5.26 Å². The number of nitrogens with two attached hydrogens (primary N) is 1. The van der Waals surface area contributed by atoms with Crippen molar-refractivity contribution in [2.24, 2.45) is 17.6 Å². The summed E-state index contributed by atoms with van der Waals surface area (Å²) in [6.07, 6.45) is 6.85. The van der Waals surface area contributed by atoms with Crippen molar-refractivity contribution in [1.82, 2.24) is 9.97 Å². The Morgan fingerprint density at radius 2 is 2.00 bits per heavy atom. The molecule has 0 bridgehead atoms. The van der Waals surface area contributed by atoms with Crippen molar-refractivity contribution < 1.29 is 17.5 Å². The van der Waals surface area contributed by atoms with Gasteiger partial charge in [-0.2, -0.15) is 5.26 Å². The average molecular weight is 460 g/mol. The van der Waals surface area contributed by atoms with Crippen LogP contribution in [0.25, 0.3) is 0 Å². The third kappa shape index (κ3) is 4.75. The summed E-state index contributed by atoms with van der Waals surface area (Å²) in [5, 5.41) is 8.87. The molecular formula is C22H26FN5O3S. The highest BCUT2D eigenvalue weighted by Crippen LogP contribution is 2.50. The van der Waals surface area contributed by atoms with Gasteiger partial charge >= 0.3 is 0 Å². The molecule has 0 amide bonds. The van der Waals surface area contributed by atoms with Crippen molar-refractivity contribution in [3.05, 3.63) is 47.5 Å². The molecule has 1 saturated carbocycles. The third-order valence-electron chi connectivity index (χ3n) is 6.53. The van der Waals surface area contributed by atoms with Gasteiger partial charge in [-0.05, 0) is 37.3 Å². The predicted molar refractivity (Wildman–Crippen MR) is 116 cm³/mol. The molecule has 10 heteroatoms. The number of nitrogens with zero attached hydrogens (tertiary/aromatic N) is 4. The van der Waals surface area contributed by atoms with Crippen LogP contribution in [0.5, 0.6) is 0 Å². The van der Waals surface area contributed by atoms with Crippen LogP contribution in [0.2, 0.25) is 0 Å². The fourth-order valence-corrected chi connectivity index (χ4v) is 5.06. The molecule has 0 spiro atoms. The van der Waals surface area contributed by atoms with E-state index in [9.17, 15) is 12.8 Å². The fourth-order valence-electron chi connectivity index (χ4n) is 4.43. The molecule has 4 rings (SSSR count). The highest BCUT2D eigenvalue weighted by molar-refractivity contribution is 7.90. The smallest absolute Gasteiger partial charge is 0.225 e. The molecule has 32 heavy (non-hydrogen) atoms. The number of hydrogen-bond acceptors (Lipinski definition) is 8. The number of hydrogen-bond donors (Lipinski definition) is 1. The van der Waals surface area contributed by atoms with Crippen LogP contribution in [0.4, 0.5) is 10.3 Å². The molecule has 2 aromatic rings. The predicted octanol–water partition coefficient (Wildman–Crippen LogP) is 2.04. The van der Waals surface area contributed by atoms with Crippen LogP contribution in [0.15, 0.2) is 35.5 Å². The Morgan fingerprint density at radius 3 is 2.59 bits per heavy atom.